The summed E-state index contributed by atoms with van der Waals surface area (Å²) >= 11 is 45.1. The van der Waals surface area contributed by atoms with Gasteiger partial charge in [-0.05, 0) is 116 Å². The molecule has 4 N–H and O–H groups in total. The number of carbonyl (C=O) groups excluding carboxylic acids is 4. The van der Waals surface area contributed by atoms with Crippen LogP contribution in [0.3, 0.4) is 0 Å². The first-order chi connectivity index (χ1) is 46.0. The van der Waals surface area contributed by atoms with E-state index in [1.165, 1.54) is 80.2 Å². The molecule has 9 aromatic heterocycles. The summed E-state index contributed by atoms with van der Waals surface area (Å²) in [5, 5.41) is 14.0. The summed E-state index contributed by atoms with van der Waals surface area (Å²) in [5.41, 5.74) is 39.8. The predicted molar refractivity (Wildman–Crippen MR) is 429 cm³/mol. The summed E-state index contributed by atoms with van der Waals surface area (Å²) < 4.78 is 18.9. The van der Waals surface area contributed by atoms with E-state index in [2.05, 4.69) is 193 Å². The van der Waals surface area contributed by atoms with Crippen LogP contribution in [0.4, 0.5) is 5.13 Å². The van der Waals surface area contributed by atoms with Crippen LogP contribution in [0.15, 0.2) is 75.0 Å². The number of alkyl halides is 5. The number of halogens is 10. The van der Waals surface area contributed by atoms with Crippen molar-refractivity contribution in [2.45, 2.75) is 122 Å². The van der Waals surface area contributed by atoms with Gasteiger partial charge in [0.05, 0.1) is 68.6 Å². The number of methoxy groups -OCH3 is 2. The Hall–Kier alpha value is -2.72. The molecule has 9 heterocycles. The van der Waals surface area contributed by atoms with Crippen molar-refractivity contribution in [2.75, 3.05) is 25.3 Å². The Morgan fingerprint density at radius 2 is 1.00 bits per heavy atom. The number of rotatable bonds is 11. The number of ketones is 2. The number of thiazole rings is 5. The maximum absolute atomic E-state index is 12.1. The minimum Gasteiger partial charge on any atom is -0.373 e. The molecule has 5 atom stereocenters. The third kappa shape index (κ3) is 34.4. The van der Waals surface area contributed by atoms with E-state index in [-0.39, 0.29) is 102 Å². The molecule has 0 aliphatic rings. The second kappa shape index (κ2) is 54.0. The smallest absolute Gasteiger partial charge is 0.373 e. The standard InChI is InChI=1S/C9H8Br2N2OS.C9H8BrN5OS.C9H10BrN3OS.C9H9BrN2OS.C6H9BrO3.C6H10O3.C4H6N2S.CH2Cl2.BHNS.Br2.N3.Na/c1-4-3-15-9-12-7(5(2)10)6(11)8(14)13(4)9;1-4-3-17-9-12-7(5(2)13-14-11)6(10)8(16)15(4)9;1-4-3-15-9-12-7(5(2)11)6(10)8(14)13(4)9;1-5-4-14-9-11-7(6(2)10)3-8(13)12(5)9;1-4(7)5(8)3-6(9)10-2;1-3-5(7)4-6(8)9-2;1-3-2-7-4(5)6-3;2-1-3;1-2-3;1-2;1-3-2;/h3,5H,1-2H3;3,5H,1-2H3;3,5H,11H2,1-2H3;3-4,6H,1-2H3;4H,3H2,1-2H3;3-4H2,1-2H3;2H,1H3,(H2,5,6);1H2;3H;;;/q;;;;;;;;;;-1;+1. The molecule has 9 aromatic rings. The number of Topliss-reactive ketones (excluding diaryl/α,β-unsaturated/α-hetero) is 2. The summed E-state index contributed by atoms with van der Waals surface area (Å²) in [5.74, 6) is -1.19. The molecule has 9 rings (SSSR count). The monoisotopic (exact) mass is 2040 g/mol. The molecule has 5 unspecified atom stereocenters. The zero-order valence-corrected chi connectivity index (χ0v) is 76.1. The van der Waals surface area contributed by atoms with Gasteiger partial charge in [-0.2, -0.15) is 0 Å². The zero-order chi connectivity index (χ0) is 76.0. The van der Waals surface area contributed by atoms with Crippen molar-refractivity contribution in [3.8, 4) is 0 Å². The Bertz CT molecular complexity index is 4280. The molecule has 99 heavy (non-hydrogen) atoms. The van der Waals surface area contributed by atoms with Crippen LogP contribution in [0.5, 0.6) is 0 Å². The Kier molecular flexibility index (Phi) is 54.8. The van der Waals surface area contributed by atoms with Crippen molar-refractivity contribution in [1.29, 1.82) is 0 Å². The molecule has 0 aromatic carbocycles. The fraction of sp³-hybridized carbons (Fsp3) is 0.415. The molecule has 535 valence electrons. The van der Waals surface area contributed by atoms with Gasteiger partial charge >= 0.3 is 66.3 Å². The number of ether oxygens (including phenoxy) is 2. The molecule has 0 amide bonds. The Labute approximate surface area is 692 Å². The van der Waals surface area contributed by atoms with Crippen LogP contribution < -0.4 is 63.3 Å². The van der Waals surface area contributed by atoms with Crippen molar-refractivity contribution in [3.05, 3.63) is 165 Å². The Morgan fingerprint density at radius 3 is 1.31 bits per heavy atom. The van der Waals surface area contributed by atoms with Crippen molar-refractivity contribution >= 4 is 273 Å². The molecule has 28 nitrogen and oxygen atoms in total. The van der Waals surface area contributed by atoms with E-state index >= 15 is 0 Å². The first kappa shape index (κ1) is 100. The molecule has 0 saturated heterocycles. The van der Waals surface area contributed by atoms with Gasteiger partial charge in [0.2, 0.25) is 0 Å². The summed E-state index contributed by atoms with van der Waals surface area (Å²) in [6.07, 6.45) is 0.158. The van der Waals surface area contributed by atoms with Crippen LogP contribution in [0.25, 0.3) is 46.3 Å². The van der Waals surface area contributed by atoms with E-state index in [1.54, 1.807) is 40.0 Å². The van der Waals surface area contributed by atoms with Crippen LogP contribution in [-0.2, 0) is 28.7 Å². The molecular weight excluding hydrogens is 1990 g/mol. The second-order valence-electron chi connectivity index (χ2n) is 18.4. The number of aryl methyl sites for hydroxylation is 5. The number of esters is 2. The van der Waals surface area contributed by atoms with E-state index in [0.29, 0.717) is 46.3 Å². The van der Waals surface area contributed by atoms with E-state index in [1.807, 2.05) is 82.3 Å². The zero-order valence-electron chi connectivity index (χ0n) is 54.9. The Balaban J connectivity index is -0.00000107. The number of hydrogen-bond donors (Lipinski definition) is 3. The number of anilines is 1. The number of nitrogen functional groups attached to an aromatic ring is 1. The molecule has 0 fully saturated rings. The van der Waals surface area contributed by atoms with Crippen molar-refractivity contribution < 1.29 is 58.2 Å². The van der Waals surface area contributed by atoms with E-state index in [4.69, 9.17) is 51.3 Å². The van der Waals surface area contributed by atoms with Gasteiger partial charge in [0.25, 0.3) is 22.2 Å². The van der Waals surface area contributed by atoms with Gasteiger partial charge in [0.1, 0.15) is 32.0 Å². The normalized spacial score (nSPS) is 11.2. The van der Waals surface area contributed by atoms with Gasteiger partial charge in [-0.15, -0.1) is 79.9 Å². The van der Waals surface area contributed by atoms with Crippen LogP contribution in [0.1, 0.15) is 134 Å². The van der Waals surface area contributed by atoms with Gasteiger partial charge < -0.3 is 32.0 Å². The SMILES string of the molecule is BrBr.CCC(=O)CC(=O)OC.COC(=O)CC(=O)C(C)Br.Cc1csc(N)n1.Cc1csc2nc(C(C)Br)c(Br)c(=O)n12.Cc1csc2nc(C(C)Br)cc(=O)n12.Cc1csc2nc(C(C)N)c(Br)c(=O)n12.Cc1csc2nc(C(C)N=[N+]=[N-])c(Br)c(=O)n12.ClCCl.[B]=NS.[N-]=[N+]=[N-].[Na+]. The molecule has 0 bridgehead atoms. The van der Waals surface area contributed by atoms with Crippen molar-refractivity contribution in [3.63, 3.8) is 0 Å². The van der Waals surface area contributed by atoms with Gasteiger partial charge in [-0.25, -0.2) is 24.9 Å². The first-order valence-electron chi connectivity index (χ1n) is 26.8. The maximum Gasteiger partial charge on any atom is 1.00 e. The molecule has 0 spiro atoms. The number of hydrogen-bond acceptors (Lipinski definition) is 25. The minimum absolute atomic E-state index is 0. The van der Waals surface area contributed by atoms with Gasteiger partial charge in [0.15, 0.2) is 30.8 Å². The average molecular weight is 2050 g/mol. The fourth-order valence-electron chi connectivity index (χ4n) is 6.57. The molecule has 46 heteroatoms. The summed E-state index contributed by atoms with van der Waals surface area (Å²) in [6.45, 7) is 20.2. The van der Waals surface area contributed by atoms with Crippen molar-refractivity contribution in [1.82, 2.24) is 42.5 Å². The second-order valence-corrected chi connectivity index (χ2v) is 30.1. The number of thiol groups is 1. The molecule has 0 aliphatic heterocycles. The van der Waals surface area contributed by atoms with Gasteiger partial charge in [-0.1, -0.05) is 66.8 Å². The number of carbonyl (C=O) groups is 4. The van der Waals surface area contributed by atoms with Gasteiger partial charge in [0, 0.05) is 101 Å². The molecule has 1 radical (unpaired) electrons. The number of azide groups is 1. The molecular formula is C53H63BBr8Cl2N18NaO10S6. The fourth-order valence-corrected chi connectivity index (χ4v) is 13.5. The predicted octanol–water partition coefficient (Wildman–Crippen LogP) is 14.5. The quantitative estimate of drug-likeness (QED) is 0.0158. The molecule has 0 saturated carbocycles. The number of aromatic nitrogens is 9. The number of nitrogens with two attached hydrogens (primary N) is 2. The minimum atomic E-state index is -0.490. The maximum atomic E-state index is 12.1. The largest absolute Gasteiger partial charge is 1.00 e. The van der Waals surface area contributed by atoms with Crippen LogP contribution in [0.2, 0.25) is 0 Å². The topological polar surface area (TPSA) is 409 Å². The summed E-state index contributed by atoms with van der Waals surface area (Å²) in [6, 6.07) is 0.848. The molecule has 0 aliphatic carbocycles. The third-order valence-corrected chi connectivity index (χ3v) is 19.4. The Morgan fingerprint density at radius 1 is 0.646 bits per heavy atom. The van der Waals surface area contributed by atoms with Crippen LogP contribution in [0, 0.1) is 34.6 Å². The average Bonchev–Trinajstić information content (AvgIpc) is 1.72. The van der Waals surface area contributed by atoms with Crippen LogP contribution >= 0.6 is 217 Å². The van der Waals surface area contributed by atoms with E-state index < -0.39 is 18.0 Å². The summed E-state index contributed by atoms with van der Waals surface area (Å²) in [7, 11) is 6.86. The van der Waals surface area contributed by atoms with E-state index in [9.17, 15) is 38.4 Å². The van der Waals surface area contributed by atoms with Crippen molar-refractivity contribution in [2.24, 2.45) is 15.1 Å². The van der Waals surface area contributed by atoms with Crippen LogP contribution in [-0.4, -0.2) is 98.1 Å². The third-order valence-electron chi connectivity index (χ3n) is 11.2. The number of nitrogens with zero attached hydrogens (tertiary/aromatic N) is 16. The number of fused-ring (bicyclic) bond motifs is 4. The first-order valence-corrected chi connectivity index (χ1v) is 41.5. The van der Waals surface area contributed by atoms with Gasteiger partial charge in [-0.3, -0.25) is 60.9 Å². The van der Waals surface area contributed by atoms with E-state index in [0.717, 1.165) is 49.8 Å². The summed E-state index contributed by atoms with van der Waals surface area (Å²) in [4.78, 5) is 118.